The number of nitrogens with one attached hydrogen (secondary N) is 1. The van der Waals surface area contributed by atoms with Gasteiger partial charge in [0.25, 0.3) is 0 Å². The standard InChI is InChI=1S/C12H11Br2N3O3/c1-3-20-12(18)11-10(15-17-16-11)6-4-9(19-2)8(14)5-7(6)13/h4-5H,3H2,1-2H3,(H,15,16,17). The minimum atomic E-state index is -0.523. The molecule has 2 rings (SSSR count). The Hall–Kier alpha value is -1.41. The number of esters is 1. The topological polar surface area (TPSA) is 77.1 Å². The Morgan fingerprint density at radius 3 is 2.70 bits per heavy atom. The van der Waals surface area contributed by atoms with Crippen molar-refractivity contribution in [3.05, 3.63) is 26.8 Å². The van der Waals surface area contributed by atoms with Crippen LogP contribution >= 0.6 is 31.9 Å². The minimum Gasteiger partial charge on any atom is -0.496 e. The average Bonchev–Trinajstić information content (AvgIpc) is 2.88. The smallest absolute Gasteiger partial charge is 0.361 e. The molecule has 106 valence electrons. The van der Waals surface area contributed by atoms with Crippen LogP contribution in [-0.2, 0) is 4.74 Å². The van der Waals surface area contributed by atoms with Gasteiger partial charge < -0.3 is 9.47 Å². The van der Waals surface area contributed by atoms with E-state index in [-0.39, 0.29) is 12.3 Å². The Bertz CT molecular complexity index is 643. The Kier molecular flexibility index (Phi) is 4.77. The van der Waals surface area contributed by atoms with Gasteiger partial charge in [-0.25, -0.2) is 4.79 Å². The first-order chi connectivity index (χ1) is 9.58. The van der Waals surface area contributed by atoms with Gasteiger partial charge in [-0.2, -0.15) is 10.3 Å². The SMILES string of the molecule is CCOC(=O)c1n[nH]nc1-c1cc(OC)c(Br)cc1Br. The van der Waals surface area contributed by atoms with Gasteiger partial charge in [0, 0.05) is 10.0 Å². The van der Waals surface area contributed by atoms with Gasteiger partial charge in [0.05, 0.1) is 18.2 Å². The second kappa shape index (κ2) is 6.36. The fourth-order valence-electron chi connectivity index (χ4n) is 1.63. The summed E-state index contributed by atoms with van der Waals surface area (Å²) < 4.78 is 11.7. The number of ether oxygens (including phenoxy) is 2. The molecular formula is C12H11Br2N3O3. The van der Waals surface area contributed by atoms with Crippen LogP contribution in [0.15, 0.2) is 21.1 Å². The van der Waals surface area contributed by atoms with E-state index in [1.807, 2.05) is 6.07 Å². The van der Waals surface area contributed by atoms with Gasteiger partial charge in [-0.15, -0.1) is 5.10 Å². The van der Waals surface area contributed by atoms with Crippen molar-refractivity contribution in [1.82, 2.24) is 15.4 Å². The highest BCUT2D eigenvalue weighted by molar-refractivity contribution is 9.11. The number of carbonyl (C=O) groups is 1. The molecule has 0 radical (unpaired) electrons. The fourth-order valence-corrected chi connectivity index (χ4v) is 2.97. The summed E-state index contributed by atoms with van der Waals surface area (Å²) in [5, 5.41) is 10.3. The Morgan fingerprint density at radius 2 is 2.05 bits per heavy atom. The lowest BCUT2D eigenvalue weighted by molar-refractivity contribution is 0.0520. The van der Waals surface area contributed by atoms with Crippen LogP contribution in [-0.4, -0.2) is 35.1 Å². The van der Waals surface area contributed by atoms with Gasteiger partial charge in [-0.05, 0) is 35.0 Å². The lowest BCUT2D eigenvalue weighted by Gasteiger charge is -2.08. The molecule has 8 heteroatoms. The van der Waals surface area contributed by atoms with Gasteiger partial charge in [0.1, 0.15) is 11.4 Å². The quantitative estimate of drug-likeness (QED) is 0.792. The van der Waals surface area contributed by atoms with Crippen molar-refractivity contribution in [1.29, 1.82) is 0 Å². The molecule has 0 unspecified atom stereocenters. The van der Waals surface area contributed by atoms with Crippen LogP contribution in [0.2, 0.25) is 0 Å². The summed E-state index contributed by atoms with van der Waals surface area (Å²) in [5.41, 5.74) is 1.22. The molecule has 1 aromatic heterocycles. The maximum absolute atomic E-state index is 11.8. The average molecular weight is 405 g/mol. The van der Waals surface area contributed by atoms with E-state index in [4.69, 9.17) is 9.47 Å². The Labute approximate surface area is 132 Å². The second-order valence-corrected chi connectivity index (χ2v) is 5.42. The zero-order chi connectivity index (χ0) is 14.7. The molecule has 6 nitrogen and oxygen atoms in total. The third kappa shape index (κ3) is 2.85. The number of benzene rings is 1. The van der Waals surface area contributed by atoms with Crippen LogP contribution in [0.1, 0.15) is 17.4 Å². The zero-order valence-corrected chi connectivity index (χ0v) is 13.9. The monoisotopic (exact) mass is 403 g/mol. The second-order valence-electron chi connectivity index (χ2n) is 3.71. The molecule has 0 saturated carbocycles. The molecule has 0 saturated heterocycles. The molecule has 0 bridgehead atoms. The maximum Gasteiger partial charge on any atom is 0.361 e. The number of hydrogen-bond donors (Lipinski definition) is 1. The molecule has 1 aromatic carbocycles. The molecule has 0 aliphatic heterocycles. The normalized spacial score (nSPS) is 10.4. The Balaban J connectivity index is 2.52. The first-order valence-corrected chi connectivity index (χ1v) is 7.28. The molecule has 20 heavy (non-hydrogen) atoms. The van der Waals surface area contributed by atoms with Gasteiger partial charge in [-0.3, -0.25) is 0 Å². The van der Waals surface area contributed by atoms with E-state index >= 15 is 0 Å². The number of H-pyrrole nitrogens is 1. The summed E-state index contributed by atoms with van der Waals surface area (Å²) >= 11 is 6.82. The number of aromatic amines is 1. The lowest BCUT2D eigenvalue weighted by atomic mass is 10.1. The Morgan fingerprint density at radius 1 is 1.30 bits per heavy atom. The summed E-state index contributed by atoms with van der Waals surface area (Å²) in [6.07, 6.45) is 0. The number of nitrogens with zero attached hydrogens (tertiary/aromatic N) is 2. The summed E-state index contributed by atoms with van der Waals surface area (Å²) in [7, 11) is 1.56. The number of rotatable bonds is 4. The number of carbonyl (C=O) groups excluding carboxylic acids is 1. The van der Waals surface area contributed by atoms with E-state index in [0.717, 1.165) is 8.95 Å². The molecule has 0 atom stereocenters. The van der Waals surface area contributed by atoms with E-state index in [2.05, 4.69) is 47.3 Å². The summed E-state index contributed by atoms with van der Waals surface area (Å²) in [5.74, 6) is 0.103. The molecule has 0 fully saturated rings. The third-order valence-electron chi connectivity index (χ3n) is 2.51. The van der Waals surface area contributed by atoms with Crippen molar-refractivity contribution < 1.29 is 14.3 Å². The van der Waals surface area contributed by atoms with Crippen molar-refractivity contribution >= 4 is 37.8 Å². The van der Waals surface area contributed by atoms with Crippen LogP contribution < -0.4 is 4.74 Å². The van der Waals surface area contributed by atoms with Gasteiger partial charge in [-0.1, -0.05) is 15.9 Å². The minimum absolute atomic E-state index is 0.136. The molecule has 0 aliphatic carbocycles. The highest BCUT2D eigenvalue weighted by Gasteiger charge is 2.21. The van der Waals surface area contributed by atoms with Crippen molar-refractivity contribution in [2.45, 2.75) is 6.92 Å². The molecule has 2 aromatic rings. The highest BCUT2D eigenvalue weighted by Crippen LogP contribution is 2.37. The molecule has 0 amide bonds. The summed E-state index contributed by atoms with van der Waals surface area (Å²) in [6, 6.07) is 3.58. The van der Waals surface area contributed by atoms with Crippen molar-refractivity contribution in [2.24, 2.45) is 0 Å². The molecule has 0 aliphatic rings. The molecule has 0 spiro atoms. The molecule has 1 heterocycles. The van der Waals surface area contributed by atoms with Crippen LogP contribution in [0.3, 0.4) is 0 Å². The number of hydrogen-bond acceptors (Lipinski definition) is 5. The largest absolute Gasteiger partial charge is 0.496 e. The van der Waals surface area contributed by atoms with Crippen molar-refractivity contribution in [3.63, 3.8) is 0 Å². The number of halogens is 2. The maximum atomic E-state index is 11.8. The first-order valence-electron chi connectivity index (χ1n) is 5.69. The van der Waals surface area contributed by atoms with E-state index in [1.165, 1.54) is 0 Å². The first kappa shape index (κ1) is 15.0. The molecule has 1 N–H and O–H groups in total. The van der Waals surface area contributed by atoms with Crippen LogP contribution in [0.4, 0.5) is 0 Å². The van der Waals surface area contributed by atoms with Gasteiger partial charge >= 0.3 is 5.97 Å². The van der Waals surface area contributed by atoms with Crippen LogP contribution in [0.25, 0.3) is 11.3 Å². The van der Waals surface area contributed by atoms with Crippen molar-refractivity contribution in [3.8, 4) is 17.0 Å². The zero-order valence-electron chi connectivity index (χ0n) is 10.7. The van der Waals surface area contributed by atoms with Gasteiger partial charge in [0.15, 0.2) is 5.69 Å². The van der Waals surface area contributed by atoms with Crippen LogP contribution in [0.5, 0.6) is 5.75 Å². The fraction of sp³-hybridized carbons (Fsp3) is 0.250. The summed E-state index contributed by atoms with van der Waals surface area (Å²) in [6.45, 7) is 2.01. The predicted molar refractivity (Wildman–Crippen MR) is 79.7 cm³/mol. The third-order valence-corrected chi connectivity index (χ3v) is 3.79. The van der Waals surface area contributed by atoms with E-state index in [9.17, 15) is 4.79 Å². The molecular weight excluding hydrogens is 394 g/mol. The van der Waals surface area contributed by atoms with Crippen LogP contribution in [0, 0.1) is 0 Å². The summed E-state index contributed by atoms with van der Waals surface area (Å²) in [4.78, 5) is 11.8. The highest BCUT2D eigenvalue weighted by atomic mass is 79.9. The number of methoxy groups -OCH3 is 1. The van der Waals surface area contributed by atoms with E-state index in [1.54, 1.807) is 20.1 Å². The van der Waals surface area contributed by atoms with Crippen molar-refractivity contribution in [2.75, 3.05) is 13.7 Å². The lowest BCUT2D eigenvalue weighted by Crippen LogP contribution is -2.07. The van der Waals surface area contributed by atoms with E-state index < -0.39 is 5.97 Å². The van der Waals surface area contributed by atoms with Gasteiger partial charge in [0.2, 0.25) is 0 Å². The number of aromatic nitrogens is 3. The van der Waals surface area contributed by atoms with E-state index in [0.29, 0.717) is 17.0 Å². The predicted octanol–water partition coefficient (Wildman–Crippen LogP) is 3.18.